The van der Waals surface area contributed by atoms with Crippen LogP contribution < -0.4 is 10.1 Å². The zero-order valence-corrected chi connectivity index (χ0v) is 15.0. The molecule has 0 saturated heterocycles. The summed E-state index contributed by atoms with van der Waals surface area (Å²) in [5.41, 5.74) is 2.74. The number of aryl methyl sites for hydroxylation is 1. The van der Waals surface area contributed by atoms with Gasteiger partial charge in [-0.15, -0.1) is 0 Å². The maximum absolute atomic E-state index is 10.6. The van der Waals surface area contributed by atoms with Gasteiger partial charge in [-0.05, 0) is 61.7 Å². The summed E-state index contributed by atoms with van der Waals surface area (Å²) < 4.78 is 5.22. The van der Waals surface area contributed by atoms with Crippen LogP contribution in [0.25, 0.3) is 0 Å². The SMILES string of the molecule is Cc1cc(CCN[C@@H](C)[C@H](O)c2ccc(O)cc2)ccc1OCC(=O)O. The van der Waals surface area contributed by atoms with Crippen molar-refractivity contribution in [3.8, 4) is 11.5 Å². The number of benzene rings is 2. The molecule has 2 aromatic carbocycles. The van der Waals surface area contributed by atoms with Crippen molar-refractivity contribution in [2.45, 2.75) is 32.4 Å². The van der Waals surface area contributed by atoms with Gasteiger partial charge >= 0.3 is 5.97 Å². The lowest BCUT2D eigenvalue weighted by atomic mass is 10.0. The molecular weight excluding hydrogens is 334 g/mol. The Kier molecular flexibility index (Phi) is 7.00. The average Bonchev–Trinajstić information content (AvgIpc) is 2.60. The number of carboxylic acids is 1. The largest absolute Gasteiger partial charge is 0.508 e. The van der Waals surface area contributed by atoms with E-state index >= 15 is 0 Å². The summed E-state index contributed by atoms with van der Waals surface area (Å²) in [6.45, 7) is 4.12. The summed E-state index contributed by atoms with van der Waals surface area (Å²) in [7, 11) is 0. The fourth-order valence-corrected chi connectivity index (χ4v) is 2.68. The molecule has 6 heteroatoms. The quantitative estimate of drug-likeness (QED) is 0.549. The summed E-state index contributed by atoms with van der Waals surface area (Å²) >= 11 is 0. The number of phenolic OH excluding ortho intramolecular Hbond substituents is 1. The van der Waals surface area contributed by atoms with E-state index in [1.165, 1.54) is 0 Å². The third-order valence-electron chi connectivity index (χ3n) is 4.18. The predicted octanol–water partition coefficient (Wildman–Crippen LogP) is 2.42. The first-order valence-electron chi connectivity index (χ1n) is 8.51. The van der Waals surface area contributed by atoms with Crippen LogP contribution in [-0.2, 0) is 11.2 Å². The van der Waals surface area contributed by atoms with Crippen LogP contribution >= 0.6 is 0 Å². The molecule has 0 unspecified atom stereocenters. The minimum atomic E-state index is -1.00. The third kappa shape index (κ3) is 5.75. The molecule has 0 fully saturated rings. The summed E-state index contributed by atoms with van der Waals surface area (Å²) in [6.07, 6.45) is 0.108. The first-order valence-corrected chi connectivity index (χ1v) is 8.51. The Morgan fingerprint density at radius 1 is 1.19 bits per heavy atom. The van der Waals surface area contributed by atoms with E-state index in [2.05, 4.69) is 5.32 Å². The summed E-state index contributed by atoms with van der Waals surface area (Å²) in [5.74, 6) is -0.258. The molecule has 0 heterocycles. The molecule has 2 atom stereocenters. The van der Waals surface area contributed by atoms with Crippen molar-refractivity contribution in [3.05, 3.63) is 59.2 Å². The first-order chi connectivity index (χ1) is 12.4. The second-order valence-electron chi connectivity index (χ2n) is 6.31. The number of carbonyl (C=O) groups is 1. The number of aromatic hydroxyl groups is 1. The average molecular weight is 359 g/mol. The number of hydrogen-bond donors (Lipinski definition) is 4. The molecule has 140 valence electrons. The van der Waals surface area contributed by atoms with Gasteiger partial charge in [-0.1, -0.05) is 24.3 Å². The lowest BCUT2D eigenvalue weighted by molar-refractivity contribution is -0.139. The fraction of sp³-hybridized carbons (Fsp3) is 0.350. The standard InChI is InChI=1S/C20H25NO5/c1-13-11-15(3-8-18(13)26-12-19(23)24)9-10-21-14(2)20(25)16-4-6-17(22)7-5-16/h3-8,11,14,20-22,25H,9-10,12H2,1-2H3,(H,23,24)/t14-,20-/m0/s1. The fourth-order valence-electron chi connectivity index (χ4n) is 2.68. The van der Waals surface area contributed by atoms with Crippen molar-refractivity contribution in [2.24, 2.45) is 0 Å². The number of aliphatic carboxylic acids is 1. The van der Waals surface area contributed by atoms with Gasteiger partial charge in [0.25, 0.3) is 0 Å². The Morgan fingerprint density at radius 2 is 1.88 bits per heavy atom. The highest BCUT2D eigenvalue weighted by molar-refractivity contribution is 5.68. The molecule has 2 aromatic rings. The molecular formula is C20H25NO5. The van der Waals surface area contributed by atoms with Crippen molar-refractivity contribution in [1.29, 1.82) is 0 Å². The monoisotopic (exact) mass is 359 g/mol. The highest BCUT2D eigenvalue weighted by Crippen LogP contribution is 2.21. The van der Waals surface area contributed by atoms with E-state index in [4.69, 9.17) is 9.84 Å². The van der Waals surface area contributed by atoms with Gasteiger partial charge in [0.2, 0.25) is 0 Å². The van der Waals surface area contributed by atoms with Crippen LogP contribution in [0.3, 0.4) is 0 Å². The van der Waals surface area contributed by atoms with Crippen LogP contribution in [0.1, 0.15) is 29.7 Å². The summed E-state index contributed by atoms with van der Waals surface area (Å²) in [4.78, 5) is 10.6. The van der Waals surface area contributed by atoms with Gasteiger partial charge in [-0.3, -0.25) is 0 Å². The van der Waals surface area contributed by atoms with Crippen LogP contribution in [0.5, 0.6) is 11.5 Å². The number of phenols is 1. The van der Waals surface area contributed by atoms with Crippen molar-refractivity contribution < 1.29 is 24.9 Å². The summed E-state index contributed by atoms with van der Waals surface area (Å²) in [5, 5.41) is 31.6. The van der Waals surface area contributed by atoms with E-state index < -0.39 is 12.1 Å². The van der Waals surface area contributed by atoms with Gasteiger partial charge in [0, 0.05) is 6.04 Å². The number of nitrogens with one attached hydrogen (secondary N) is 1. The number of ether oxygens (including phenoxy) is 1. The zero-order chi connectivity index (χ0) is 19.1. The molecule has 0 saturated carbocycles. The smallest absolute Gasteiger partial charge is 0.341 e. The Balaban J connectivity index is 1.83. The van der Waals surface area contributed by atoms with Crippen molar-refractivity contribution in [1.82, 2.24) is 5.32 Å². The third-order valence-corrected chi connectivity index (χ3v) is 4.18. The van der Waals surface area contributed by atoms with E-state index in [0.717, 1.165) is 23.1 Å². The molecule has 0 aliphatic heterocycles. The van der Waals surface area contributed by atoms with Gasteiger partial charge in [0.15, 0.2) is 6.61 Å². The number of rotatable bonds is 9. The number of aliphatic hydroxyl groups is 1. The molecule has 6 nitrogen and oxygen atoms in total. The second-order valence-corrected chi connectivity index (χ2v) is 6.31. The molecule has 4 N–H and O–H groups in total. The van der Waals surface area contributed by atoms with Crippen LogP contribution in [-0.4, -0.2) is 40.5 Å². The van der Waals surface area contributed by atoms with Crippen molar-refractivity contribution >= 4 is 5.97 Å². The highest BCUT2D eigenvalue weighted by atomic mass is 16.5. The van der Waals surface area contributed by atoms with E-state index in [0.29, 0.717) is 12.3 Å². The highest BCUT2D eigenvalue weighted by Gasteiger charge is 2.15. The van der Waals surface area contributed by atoms with Crippen molar-refractivity contribution in [3.63, 3.8) is 0 Å². The zero-order valence-electron chi connectivity index (χ0n) is 15.0. The minimum absolute atomic E-state index is 0.140. The second kappa shape index (κ2) is 9.22. The van der Waals surface area contributed by atoms with Gasteiger partial charge in [-0.25, -0.2) is 4.79 Å². The lowest BCUT2D eigenvalue weighted by Gasteiger charge is -2.21. The Hall–Kier alpha value is -2.57. The van der Waals surface area contributed by atoms with E-state index in [1.807, 2.05) is 26.0 Å². The van der Waals surface area contributed by atoms with E-state index in [-0.39, 0.29) is 18.4 Å². The van der Waals surface area contributed by atoms with Crippen LogP contribution in [0.15, 0.2) is 42.5 Å². The Bertz CT molecular complexity index is 729. The predicted molar refractivity (Wildman–Crippen MR) is 98.5 cm³/mol. The molecule has 0 aliphatic carbocycles. The lowest BCUT2D eigenvalue weighted by Crippen LogP contribution is -2.33. The van der Waals surface area contributed by atoms with Crippen LogP contribution in [0.4, 0.5) is 0 Å². The topological polar surface area (TPSA) is 99.0 Å². The van der Waals surface area contributed by atoms with Crippen LogP contribution in [0.2, 0.25) is 0 Å². The van der Waals surface area contributed by atoms with Gasteiger partial charge in [0.1, 0.15) is 11.5 Å². The molecule has 0 aromatic heterocycles. The molecule has 0 radical (unpaired) electrons. The number of hydrogen-bond acceptors (Lipinski definition) is 5. The molecule has 26 heavy (non-hydrogen) atoms. The number of carboxylic acid groups (broad SMARTS) is 1. The van der Waals surface area contributed by atoms with E-state index in [1.54, 1.807) is 30.3 Å². The molecule has 0 bridgehead atoms. The molecule has 0 aliphatic rings. The minimum Gasteiger partial charge on any atom is -0.508 e. The van der Waals surface area contributed by atoms with Gasteiger partial charge in [-0.2, -0.15) is 0 Å². The summed E-state index contributed by atoms with van der Waals surface area (Å²) in [6, 6.07) is 12.0. The van der Waals surface area contributed by atoms with Crippen LogP contribution in [0, 0.1) is 6.92 Å². The molecule has 0 spiro atoms. The Morgan fingerprint density at radius 3 is 2.50 bits per heavy atom. The first kappa shape index (κ1) is 19.8. The Labute approximate surface area is 153 Å². The maximum Gasteiger partial charge on any atom is 0.341 e. The number of aliphatic hydroxyl groups excluding tert-OH is 1. The molecule has 0 amide bonds. The van der Waals surface area contributed by atoms with E-state index in [9.17, 15) is 15.0 Å². The maximum atomic E-state index is 10.6. The van der Waals surface area contributed by atoms with Gasteiger partial charge in [0.05, 0.1) is 6.10 Å². The normalized spacial score (nSPS) is 13.2. The molecule has 2 rings (SSSR count). The van der Waals surface area contributed by atoms with Gasteiger partial charge < -0.3 is 25.4 Å². The van der Waals surface area contributed by atoms with Crippen molar-refractivity contribution in [2.75, 3.05) is 13.2 Å².